The van der Waals surface area contributed by atoms with Crippen LogP contribution in [0.5, 0.6) is 5.75 Å². The van der Waals surface area contributed by atoms with Crippen molar-refractivity contribution in [3.8, 4) is 5.75 Å². The van der Waals surface area contributed by atoms with Crippen LogP contribution >= 0.6 is 0 Å². The Kier molecular flexibility index (Phi) is 5.88. The van der Waals surface area contributed by atoms with Gasteiger partial charge in [0.05, 0.1) is 6.61 Å². The molecule has 0 radical (unpaired) electrons. The molecule has 0 amide bonds. The first-order valence-corrected chi connectivity index (χ1v) is 5.56. The van der Waals surface area contributed by atoms with E-state index >= 15 is 0 Å². The summed E-state index contributed by atoms with van der Waals surface area (Å²) in [6.45, 7) is 3.95. The Bertz CT molecular complexity index is 367. The third-order valence-corrected chi connectivity index (χ3v) is 2.14. The Hall–Kier alpha value is -1.75. The number of oxime groups is 1. The Balaban J connectivity index is 2.43. The molecule has 0 fully saturated rings. The first-order chi connectivity index (χ1) is 8.27. The topological polar surface area (TPSA) is 77.1 Å². The average molecular weight is 238 g/mol. The van der Waals surface area contributed by atoms with Gasteiger partial charge in [-0.25, -0.2) is 0 Å². The molecule has 5 heteroatoms. The van der Waals surface area contributed by atoms with Gasteiger partial charge >= 0.3 is 0 Å². The molecule has 1 aromatic carbocycles. The molecule has 0 bridgehead atoms. The van der Waals surface area contributed by atoms with Crippen LogP contribution in [0.3, 0.4) is 0 Å². The van der Waals surface area contributed by atoms with Gasteiger partial charge in [-0.05, 0) is 19.1 Å². The van der Waals surface area contributed by atoms with Crippen molar-refractivity contribution in [2.45, 2.75) is 13.3 Å². The molecule has 0 aliphatic rings. The summed E-state index contributed by atoms with van der Waals surface area (Å²) in [4.78, 5) is 0. The summed E-state index contributed by atoms with van der Waals surface area (Å²) in [5.74, 6) is 0.773. The van der Waals surface area contributed by atoms with Crippen molar-refractivity contribution in [2.75, 3.05) is 19.8 Å². The van der Waals surface area contributed by atoms with Crippen LogP contribution in [0.1, 0.15) is 18.9 Å². The van der Waals surface area contributed by atoms with Crippen molar-refractivity contribution >= 4 is 5.84 Å². The molecular formula is C12H18N2O3. The first-order valence-electron chi connectivity index (χ1n) is 5.56. The number of nitrogens with zero attached hydrogens (tertiary/aromatic N) is 1. The van der Waals surface area contributed by atoms with Crippen molar-refractivity contribution in [3.63, 3.8) is 0 Å². The second-order valence-corrected chi connectivity index (χ2v) is 3.41. The summed E-state index contributed by atoms with van der Waals surface area (Å²) in [7, 11) is 0. The Morgan fingerprint density at radius 2 is 2.24 bits per heavy atom. The van der Waals surface area contributed by atoms with Gasteiger partial charge in [-0.1, -0.05) is 17.3 Å². The second-order valence-electron chi connectivity index (χ2n) is 3.41. The molecule has 1 aromatic rings. The molecule has 3 N–H and O–H groups in total. The van der Waals surface area contributed by atoms with Gasteiger partial charge in [0.2, 0.25) is 0 Å². The van der Waals surface area contributed by atoms with Crippen LogP contribution in [0.4, 0.5) is 0 Å². The highest BCUT2D eigenvalue weighted by molar-refractivity contribution is 5.97. The Morgan fingerprint density at radius 1 is 1.41 bits per heavy atom. The van der Waals surface area contributed by atoms with Crippen LogP contribution in [-0.2, 0) is 4.74 Å². The SMILES string of the molecule is CCOCCCOc1cccc(C(N)=NO)c1. The van der Waals surface area contributed by atoms with Gasteiger partial charge in [0.1, 0.15) is 5.75 Å². The van der Waals surface area contributed by atoms with Gasteiger partial charge in [-0.3, -0.25) is 0 Å². The van der Waals surface area contributed by atoms with Crippen LogP contribution < -0.4 is 10.5 Å². The van der Waals surface area contributed by atoms with E-state index in [1.54, 1.807) is 18.2 Å². The summed E-state index contributed by atoms with van der Waals surface area (Å²) < 4.78 is 10.7. The fraction of sp³-hybridized carbons (Fsp3) is 0.417. The van der Waals surface area contributed by atoms with Gasteiger partial charge in [-0.2, -0.15) is 0 Å². The number of rotatable bonds is 7. The minimum atomic E-state index is 0.0739. The van der Waals surface area contributed by atoms with Crippen molar-refractivity contribution in [1.82, 2.24) is 0 Å². The van der Waals surface area contributed by atoms with E-state index in [1.165, 1.54) is 0 Å². The third kappa shape index (κ3) is 4.74. The lowest BCUT2D eigenvalue weighted by molar-refractivity contribution is 0.131. The fourth-order valence-electron chi connectivity index (χ4n) is 1.30. The number of hydrogen-bond acceptors (Lipinski definition) is 4. The second kappa shape index (κ2) is 7.51. The molecule has 0 saturated carbocycles. The quantitative estimate of drug-likeness (QED) is 0.248. The molecule has 94 valence electrons. The highest BCUT2D eigenvalue weighted by Crippen LogP contribution is 2.13. The first kappa shape index (κ1) is 13.3. The molecule has 1 rings (SSSR count). The predicted octanol–water partition coefficient (Wildman–Crippen LogP) is 1.59. The monoisotopic (exact) mass is 238 g/mol. The van der Waals surface area contributed by atoms with Crippen molar-refractivity contribution in [3.05, 3.63) is 29.8 Å². The summed E-state index contributed by atoms with van der Waals surface area (Å²) >= 11 is 0. The van der Waals surface area contributed by atoms with Crippen LogP contribution in [0.2, 0.25) is 0 Å². The highest BCUT2D eigenvalue weighted by atomic mass is 16.5. The number of ether oxygens (including phenoxy) is 2. The summed E-state index contributed by atoms with van der Waals surface area (Å²) in [6, 6.07) is 7.11. The normalized spacial score (nSPS) is 11.5. The molecule has 0 atom stereocenters. The number of hydrogen-bond donors (Lipinski definition) is 2. The smallest absolute Gasteiger partial charge is 0.170 e. The standard InChI is InChI=1S/C12H18N2O3/c1-2-16-7-4-8-17-11-6-3-5-10(9-11)12(13)14-15/h3,5-6,9,15H,2,4,7-8H2,1H3,(H2,13,14). The van der Waals surface area contributed by atoms with Crippen LogP contribution in [-0.4, -0.2) is 30.9 Å². The Morgan fingerprint density at radius 3 is 2.94 bits per heavy atom. The summed E-state index contributed by atoms with van der Waals surface area (Å²) in [6.07, 6.45) is 0.835. The molecule has 5 nitrogen and oxygen atoms in total. The molecule has 0 unspecified atom stereocenters. The maximum Gasteiger partial charge on any atom is 0.170 e. The number of amidine groups is 1. The molecule has 0 aromatic heterocycles. The summed E-state index contributed by atoms with van der Waals surface area (Å²) in [5, 5.41) is 11.5. The lowest BCUT2D eigenvalue weighted by Gasteiger charge is -2.07. The largest absolute Gasteiger partial charge is 0.493 e. The van der Waals surface area contributed by atoms with Crippen LogP contribution in [0.25, 0.3) is 0 Å². The van der Waals surface area contributed by atoms with Crippen LogP contribution in [0.15, 0.2) is 29.4 Å². The van der Waals surface area contributed by atoms with E-state index in [9.17, 15) is 0 Å². The Labute approximate surface area is 101 Å². The van der Waals surface area contributed by atoms with Gasteiger partial charge in [0.15, 0.2) is 5.84 Å². The zero-order chi connectivity index (χ0) is 12.5. The highest BCUT2D eigenvalue weighted by Gasteiger charge is 2.01. The van der Waals surface area contributed by atoms with E-state index in [-0.39, 0.29) is 5.84 Å². The zero-order valence-electron chi connectivity index (χ0n) is 9.93. The lowest BCUT2D eigenvalue weighted by atomic mass is 10.2. The van der Waals surface area contributed by atoms with Gasteiger partial charge in [0, 0.05) is 25.2 Å². The number of benzene rings is 1. The van der Waals surface area contributed by atoms with Crippen LogP contribution in [0, 0.1) is 0 Å². The van der Waals surface area contributed by atoms with E-state index in [1.807, 2.05) is 13.0 Å². The van der Waals surface area contributed by atoms with Crippen molar-refractivity contribution in [1.29, 1.82) is 0 Å². The van der Waals surface area contributed by atoms with Gasteiger partial charge < -0.3 is 20.4 Å². The molecule has 17 heavy (non-hydrogen) atoms. The van der Waals surface area contributed by atoms with Gasteiger partial charge in [0.25, 0.3) is 0 Å². The maximum absolute atomic E-state index is 8.56. The summed E-state index contributed by atoms with van der Waals surface area (Å²) in [5.41, 5.74) is 6.12. The molecule has 0 saturated heterocycles. The fourth-order valence-corrected chi connectivity index (χ4v) is 1.30. The van der Waals surface area contributed by atoms with E-state index in [0.717, 1.165) is 13.0 Å². The number of nitrogens with two attached hydrogens (primary N) is 1. The van der Waals surface area contributed by atoms with E-state index in [4.69, 9.17) is 20.4 Å². The van der Waals surface area contributed by atoms with E-state index in [0.29, 0.717) is 24.5 Å². The minimum Gasteiger partial charge on any atom is -0.493 e. The molecule has 0 spiro atoms. The maximum atomic E-state index is 8.56. The molecule has 0 heterocycles. The minimum absolute atomic E-state index is 0.0739. The van der Waals surface area contributed by atoms with E-state index in [2.05, 4.69) is 5.16 Å². The lowest BCUT2D eigenvalue weighted by Crippen LogP contribution is -2.13. The molecular weight excluding hydrogens is 220 g/mol. The predicted molar refractivity (Wildman–Crippen MR) is 65.6 cm³/mol. The average Bonchev–Trinajstić information content (AvgIpc) is 2.38. The van der Waals surface area contributed by atoms with E-state index < -0.39 is 0 Å². The van der Waals surface area contributed by atoms with Crippen molar-refractivity contribution < 1.29 is 14.7 Å². The van der Waals surface area contributed by atoms with Gasteiger partial charge in [-0.15, -0.1) is 0 Å². The molecule has 0 aliphatic heterocycles. The zero-order valence-corrected chi connectivity index (χ0v) is 9.93. The van der Waals surface area contributed by atoms with Crippen molar-refractivity contribution in [2.24, 2.45) is 10.9 Å². The third-order valence-electron chi connectivity index (χ3n) is 2.14. The molecule has 0 aliphatic carbocycles.